The summed E-state index contributed by atoms with van der Waals surface area (Å²) < 4.78 is 53.6. The molecule has 0 aliphatic carbocycles. The number of amides is 1. The molecule has 0 spiro atoms. The molecule has 1 aliphatic rings. The molecule has 33 heavy (non-hydrogen) atoms. The average Bonchev–Trinajstić information content (AvgIpc) is 3.34. The fraction of sp³-hybridized carbons (Fsp3) is 0.333. The molecule has 1 fully saturated rings. The van der Waals surface area contributed by atoms with E-state index in [0.717, 1.165) is 42.9 Å². The number of likely N-dealkylation sites (tertiary alicyclic amines) is 1. The van der Waals surface area contributed by atoms with Gasteiger partial charge in [0.2, 0.25) is 0 Å². The number of carbonyl (C=O) groups is 1. The van der Waals surface area contributed by atoms with Gasteiger partial charge < -0.3 is 0 Å². The molecule has 1 saturated heterocycles. The van der Waals surface area contributed by atoms with E-state index in [1.807, 2.05) is 0 Å². The van der Waals surface area contributed by atoms with E-state index in [2.05, 4.69) is 32.1 Å². The van der Waals surface area contributed by atoms with E-state index in [1.54, 1.807) is 0 Å². The van der Waals surface area contributed by atoms with E-state index in [9.17, 15) is 22.4 Å². The van der Waals surface area contributed by atoms with Crippen LogP contribution in [0, 0.1) is 5.82 Å². The van der Waals surface area contributed by atoms with Gasteiger partial charge in [0.25, 0.3) is 5.91 Å². The molecule has 1 amide bonds. The van der Waals surface area contributed by atoms with Gasteiger partial charge in [-0.25, -0.2) is 19.3 Å². The zero-order chi connectivity index (χ0) is 23.8. The molecule has 1 unspecified atom stereocenters. The van der Waals surface area contributed by atoms with E-state index in [1.165, 1.54) is 18.5 Å². The van der Waals surface area contributed by atoms with Crippen LogP contribution in [0.4, 0.5) is 22.7 Å². The standard InChI is InChI=1S/C21H18ClF4N5OS/c1-11-3-2-6-31(11)10-16-18(12-4-5-14(23)13(7-12)21(24,25)26)29-20(33-16)30-19(32)15-8-28-17(22)9-27-15/h4-5,7-9,11H,2-3,6,10H2,1H3,(H,29,30,32). The van der Waals surface area contributed by atoms with Crippen LogP contribution < -0.4 is 5.32 Å². The lowest BCUT2D eigenvalue weighted by Crippen LogP contribution is -2.25. The number of nitrogens with zero attached hydrogens (tertiary/aromatic N) is 4. The van der Waals surface area contributed by atoms with Crippen molar-refractivity contribution in [2.24, 2.45) is 0 Å². The Balaban J connectivity index is 1.69. The first-order valence-corrected chi connectivity index (χ1v) is 11.2. The number of hydrogen-bond acceptors (Lipinski definition) is 6. The number of carbonyl (C=O) groups excluding carboxylic acids is 1. The van der Waals surface area contributed by atoms with Crippen LogP contribution in [0.3, 0.4) is 0 Å². The predicted molar refractivity (Wildman–Crippen MR) is 117 cm³/mol. The molecule has 1 aliphatic heterocycles. The van der Waals surface area contributed by atoms with Gasteiger partial charge in [-0.1, -0.05) is 22.9 Å². The number of thiazole rings is 1. The minimum Gasteiger partial charge on any atom is -0.296 e. The second-order valence-corrected chi connectivity index (χ2v) is 9.09. The summed E-state index contributed by atoms with van der Waals surface area (Å²) in [6.07, 6.45) is -0.385. The van der Waals surface area contributed by atoms with E-state index < -0.39 is 23.5 Å². The van der Waals surface area contributed by atoms with Crippen molar-refractivity contribution in [3.63, 3.8) is 0 Å². The van der Waals surface area contributed by atoms with Crippen molar-refractivity contribution in [3.05, 3.63) is 57.7 Å². The maximum atomic E-state index is 13.8. The Morgan fingerprint density at radius 3 is 2.73 bits per heavy atom. The van der Waals surface area contributed by atoms with Gasteiger partial charge in [-0.15, -0.1) is 0 Å². The van der Waals surface area contributed by atoms with Gasteiger partial charge in [0.15, 0.2) is 5.13 Å². The van der Waals surface area contributed by atoms with Gasteiger partial charge in [0.1, 0.15) is 16.7 Å². The molecule has 1 atom stereocenters. The molecule has 1 aromatic carbocycles. The lowest BCUT2D eigenvalue weighted by Gasteiger charge is -2.20. The molecule has 3 heterocycles. The Kier molecular flexibility index (Phi) is 6.64. The first kappa shape index (κ1) is 23.5. The van der Waals surface area contributed by atoms with Crippen molar-refractivity contribution in [1.82, 2.24) is 19.9 Å². The first-order valence-electron chi connectivity index (χ1n) is 10.0. The minimum absolute atomic E-state index is 0.00649. The molecule has 3 aromatic rings. The van der Waals surface area contributed by atoms with Crippen molar-refractivity contribution in [3.8, 4) is 11.3 Å². The van der Waals surface area contributed by atoms with Gasteiger partial charge in [0, 0.05) is 23.0 Å². The van der Waals surface area contributed by atoms with E-state index in [-0.39, 0.29) is 27.2 Å². The molecular formula is C21H18ClF4N5OS. The fourth-order valence-electron chi connectivity index (χ4n) is 3.63. The number of alkyl halides is 3. The van der Waals surface area contributed by atoms with E-state index in [4.69, 9.17) is 11.6 Å². The summed E-state index contributed by atoms with van der Waals surface area (Å²) in [5, 5.41) is 2.92. The molecular weight excluding hydrogens is 482 g/mol. The second kappa shape index (κ2) is 9.32. The highest BCUT2D eigenvalue weighted by molar-refractivity contribution is 7.16. The maximum absolute atomic E-state index is 13.8. The Bertz CT molecular complexity index is 1170. The SMILES string of the molecule is CC1CCCN1Cc1sc(NC(=O)c2cnc(Cl)cn2)nc1-c1ccc(F)c(C(F)(F)F)c1. The van der Waals surface area contributed by atoms with Crippen molar-refractivity contribution >= 4 is 34.0 Å². The highest BCUT2D eigenvalue weighted by Gasteiger charge is 2.35. The quantitative estimate of drug-likeness (QED) is 0.459. The summed E-state index contributed by atoms with van der Waals surface area (Å²) in [6, 6.07) is 3.09. The third-order valence-electron chi connectivity index (χ3n) is 5.35. The highest BCUT2D eigenvalue weighted by Crippen LogP contribution is 2.38. The molecule has 2 aromatic heterocycles. The highest BCUT2D eigenvalue weighted by atomic mass is 35.5. The van der Waals surface area contributed by atoms with E-state index >= 15 is 0 Å². The third-order valence-corrected chi connectivity index (χ3v) is 6.50. The molecule has 1 N–H and O–H groups in total. The normalized spacial score (nSPS) is 16.8. The summed E-state index contributed by atoms with van der Waals surface area (Å²) in [5.41, 5.74) is -0.974. The van der Waals surface area contributed by atoms with Crippen molar-refractivity contribution in [2.45, 2.75) is 38.5 Å². The molecule has 0 radical (unpaired) electrons. The Morgan fingerprint density at radius 1 is 1.30 bits per heavy atom. The van der Waals surface area contributed by atoms with Gasteiger partial charge in [-0.05, 0) is 44.5 Å². The zero-order valence-corrected chi connectivity index (χ0v) is 18.9. The fourth-order valence-corrected chi connectivity index (χ4v) is 4.73. The molecule has 6 nitrogen and oxygen atoms in total. The summed E-state index contributed by atoms with van der Waals surface area (Å²) >= 11 is 6.84. The van der Waals surface area contributed by atoms with Crippen molar-refractivity contribution in [1.29, 1.82) is 0 Å². The lowest BCUT2D eigenvalue weighted by atomic mass is 10.1. The van der Waals surface area contributed by atoms with Crippen LogP contribution in [-0.2, 0) is 12.7 Å². The van der Waals surface area contributed by atoms with Crippen LogP contribution in [0.25, 0.3) is 11.3 Å². The number of benzene rings is 1. The maximum Gasteiger partial charge on any atom is 0.419 e. The zero-order valence-electron chi connectivity index (χ0n) is 17.3. The molecule has 0 bridgehead atoms. The van der Waals surface area contributed by atoms with Crippen LogP contribution in [0.15, 0.2) is 30.6 Å². The number of rotatable bonds is 5. The second-order valence-electron chi connectivity index (χ2n) is 7.62. The summed E-state index contributed by atoms with van der Waals surface area (Å²) in [7, 11) is 0. The number of hydrogen-bond donors (Lipinski definition) is 1. The Hall–Kier alpha value is -2.63. The third kappa shape index (κ3) is 5.31. The van der Waals surface area contributed by atoms with Gasteiger partial charge in [0.05, 0.1) is 23.7 Å². The van der Waals surface area contributed by atoms with Gasteiger partial charge >= 0.3 is 6.18 Å². The Labute approximate surface area is 195 Å². The van der Waals surface area contributed by atoms with Crippen LogP contribution in [0.2, 0.25) is 5.15 Å². The molecule has 12 heteroatoms. The summed E-state index contributed by atoms with van der Waals surface area (Å²) in [4.78, 5) is 27.5. The smallest absolute Gasteiger partial charge is 0.296 e. The number of anilines is 1. The topological polar surface area (TPSA) is 71.0 Å². The predicted octanol–water partition coefficient (Wildman–Crippen LogP) is 5.65. The van der Waals surface area contributed by atoms with Crippen molar-refractivity contribution < 1.29 is 22.4 Å². The van der Waals surface area contributed by atoms with Gasteiger partial charge in [-0.3, -0.25) is 15.0 Å². The number of nitrogens with one attached hydrogen (secondary N) is 1. The summed E-state index contributed by atoms with van der Waals surface area (Å²) in [5.74, 6) is -1.94. The Morgan fingerprint density at radius 2 is 2.09 bits per heavy atom. The van der Waals surface area contributed by atoms with Crippen LogP contribution in [-0.4, -0.2) is 38.3 Å². The lowest BCUT2D eigenvalue weighted by molar-refractivity contribution is -0.139. The number of aromatic nitrogens is 3. The van der Waals surface area contributed by atoms with Crippen molar-refractivity contribution in [2.75, 3.05) is 11.9 Å². The molecule has 0 saturated carbocycles. The summed E-state index contributed by atoms with van der Waals surface area (Å²) in [6.45, 7) is 3.37. The first-order chi connectivity index (χ1) is 15.6. The molecule has 4 rings (SSSR count). The number of halogens is 5. The van der Waals surface area contributed by atoms with Gasteiger partial charge in [-0.2, -0.15) is 13.2 Å². The van der Waals surface area contributed by atoms with Crippen LogP contribution in [0.1, 0.15) is 40.7 Å². The monoisotopic (exact) mass is 499 g/mol. The minimum atomic E-state index is -4.84. The van der Waals surface area contributed by atoms with Crippen LogP contribution in [0.5, 0.6) is 0 Å². The molecule has 174 valence electrons. The van der Waals surface area contributed by atoms with Crippen LogP contribution >= 0.6 is 22.9 Å². The average molecular weight is 500 g/mol. The van der Waals surface area contributed by atoms with E-state index in [0.29, 0.717) is 17.5 Å². The largest absolute Gasteiger partial charge is 0.419 e.